The lowest BCUT2D eigenvalue weighted by atomic mass is 9.86. The standard InChI is InChI=1S/C28H22.3C2H6/c1-19-11-15-21(16-12-19)27-23-7-3-5-9-25(23)28(22-17-13-20(2)14-18-22)26-10-6-4-8-24(26)27;3*1-2/h3-18H,1-2H3;3*1-2H3. The maximum Gasteiger partial charge on any atom is -0.00264 e. The molecule has 5 aromatic carbocycles. The first kappa shape index (κ1) is 26.9. The monoisotopic (exact) mass is 448 g/mol. The lowest BCUT2D eigenvalue weighted by molar-refractivity contribution is 1.47. The minimum Gasteiger partial charge on any atom is -0.0683 e. The van der Waals surface area contributed by atoms with Gasteiger partial charge in [-0.15, -0.1) is 0 Å². The maximum absolute atomic E-state index is 2.26. The van der Waals surface area contributed by atoms with Gasteiger partial charge in [0.2, 0.25) is 0 Å². The van der Waals surface area contributed by atoms with Crippen molar-refractivity contribution in [2.75, 3.05) is 0 Å². The van der Waals surface area contributed by atoms with Crippen molar-refractivity contribution < 1.29 is 0 Å². The third kappa shape index (κ3) is 5.57. The Kier molecular flexibility index (Phi) is 10.6. The van der Waals surface area contributed by atoms with Crippen molar-refractivity contribution in [1.82, 2.24) is 0 Å². The summed E-state index contributed by atoms with van der Waals surface area (Å²) in [5.74, 6) is 0. The fourth-order valence-electron chi connectivity index (χ4n) is 4.19. The molecule has 0 aliphatic carbocycles. The van der Waals surface area contributed by atoms with Crippen LogP contribution in [0.4, 0.5) is 0 Å². The van der Waals surface area contributed by atoms with Gasteiger partial charge in [-0.25, -0.2) is 0 Å². The second-order valence-electron chi connectivity index (χ2n) is 7.57. The molecule has 0 aliphatic rings. The third-order valence-electron chi connectivity index (χ3n) is 5.61. The fourth-order valence-corrected chi connectivity index (χ4v) is 4.19. The maximum atomic E-state index is 2.26. The van der Waals surface area contributed by atoms with Gasteiger partial charge >= 0.3 is 0 Å². The van der Waals surface area contributed by atoms with E-state index in [1.807, 2.05) is 41.5 Å². The van der Waals surface area contributed by atoms with Crippen LogP contribution in [0.15, 0.2) is 97.1 Å². The minimum atomic E-state index is 1.27. The Balaban J connectivity index is 0.000000633. The Bertz CT molecular complexity index is 1130. The van der Waals surface area contributed by atoms with Crippen molar-refractivity contribution in [1.29, 1.82) is 0 Å². The highest BCUT2D eigenvalue weighted by Gasteiger charge is 2.15. The van der Waals surface area contributed by atoms with Gasteiger partial charge in [-0.05, 0) is 57.6 Å². The summed E-state index contributed by atoms with van der Waals surface area (Å²) in [5.41, 5.74) is 7.76. The molecule has 0 fully saturated rings. The van der Waals surface area contributed by atoms with Crippen LogP contribution in [-0.2, 0) is 0 Å². The van der Waals surface area contributed by atoms with Gasteiger partial charge in [0, 0.05) is 0 Å². The molecule has 0 aliphatic heterocycles. The van der Waals surface area contributed by atoms with E-state index in [1.54, 1.807) is 0 Å². The van der Waals surface area contributed by atoms with Crippen LogP contribution in [0.5, 0.6) is 0 Å². The van der Waals surface area contributed by atoms with E-state index in [0.717, 1.165) is 0 Å². The van der Waals surface area contributed by atoms with E-state index in [1.165, 1.54) is 54.9 Å². The Morgan fingerprint density at radius 3 is 0.794 bits per heavy atom. The molecule has 176 valence electrons. The highest BCUT2D eigenvalue weighted by molar-refractivity contribution is 6.21. The highest BCUT2D eigenvalue weighted by atomic mass is 14.2. The Hall–Kier alpha value is -3.38. The average Bonchev–Trinajstić information content (AvgIpc) is 2.92. The van der Waals surface area contributed by atoms with Gasteiger partial charge in [0.05, 0.1) is 0 Å². The second-order valence-corrected chi connectivity index (χ2v) is 7.57. The van der Waals surface area contributed by atoms with Crippen molar-refractivity contribution in [3.8, 4) is 22.3 Å². The van der Waals surface area contributed by atoms with Crippen LogP contribution < -0.4 is 0 Å². The van der Waals surface area contributed by atoms with Crippen LogP contribution >= 0.6 is 0 Å². The molecule has 0 heteroatoms. The predicted octanol–water partition coefficient (Wildman–Crippen LogP) is 11.0. The summed E-state index contributed by atoms with van der Waals surface area (Å²) in [6.07, 6.45) is 0. The number of benzene rings is 5. The average molecular weight is 449 g/mol. The number of rotatable bonds is 2. The molecule has 5 rings (SSSR count). The van der Waals surface area contributed by atoms with Gasteiger partial charge in [-0.2, -0.15) is 0 Å². The zero-order valence-corrected chi connectivity index (χ0v) is 22.2. The number of hydrogen-bond donors (Lipinski definition) is 0. The summed E-state index contributed by atoms with van der Waals surface area (Å²) in [7, 11) is 0. The predicted molar refractivity (Wildman–Crippen MR) is 156 cm³/mol. The molecule has 0 spiro atoms. The first-order valence-corrected chi connectivity index (χ1v) is 12.8. The van der Waals surface area contributed by atoms with Crippen LogP contribution in [0.2, 0.25) is 0 Å². The molecule has 5 aromatic rings. The van der Waals surface area contributed by atoms with E-state index in [9.17, 15) is 0 Å². The Labute approximate surface area is 207 Å². The molecule has 0 nitrogen and oxygen atoms in total. The molecule has 0 aromatic heterocycles. The molecular formula is C34H40. The molecule has 0 bridgehead atoms. The summed E-state index contributed by atoms with van der Waals surface area (Å²) < 4.78 is 0. The van der Waals surface area contributed by atoms with Crippen LogP contribution in [-0.4, -0.2) is 0 Å². The molecule has 0 N–H and O–H groups in total. The molecule has 0 radical (unpaired) electrons. The van der Waals surface area contributed by atoms with Crippen LogP contribution in [0.3, 0.4) is 0 Å². The minimum absolute atomic E-state index is 1.27. The molecule has 0 unspecified atom stereocenters. The first-order valence-electron chi connectivity index (χ1n) is 12.8. The second kappa shape index (κ2) is 13.4. The van der Waals surface area contributed by atoms with E-state index in [0.29, 0.717) is 0 Å². The van der Waals surface area contributed by atoms with Crippen LogP contribution in [0.25, 0.3) is 43.8 Å². The molecular weight excluding hydrogens is 408 g/mol. The van der Waals surface area contributed by atoms with Gasteiger partial charge in [0.25, 0.3) is 0 Å². The zero-order chi connectivity index (χ0) is 25.1. The van der Waals surface area contributed by atoms with Crippen molar-refractivity contribution in [3.05, 3.63) is 108 Å². The van der Waals surface area contributed by atoms with Crippen molar-refractivity contribution in [3.63, 3.8) is 0 Å². The third-order valence-corrected chi connectivity index (χ3v) is 5.61. The van der Waals surface area contributed by atoms with Crippen LogP contribution in [0, 0.1) is 13.8 Å². The number of aryl methyl sites for hydroxylation is 2. The summed E-state index contributed by atoms with van der Waals surface area (Å²) in [6, 6.07) is 35.4. The van der Waals surface area contributed by atoms with Gasteiger partial charge in [0.1, 0.15) is 0 Å². The summed E-state index contributed by atoms with van der Waals surface area (Å²) in [5, 5.41) is 5.22. The highest BCUT2D eigenvalue weighted by Crippen LogP contribution is 2.43. The molecule has 0 heterocycles. The van der Waals surface area contributed by atoms with Gasteiger partial charge in [0.15, 0.2) is 0 Å². The van der Waals surface area contributed by atoms with Gasteiger partial charge in [-0.3, -0.25) is 0 Å². The Morgan fingerprint density at radius 1 is 0.324 bits per heavy atom. The molecule has 0 saturated carbocycles. The van der Waals surface area contributed by atoms with E-state index in [4.69, 9.17) is 0 Å². The molecule has 0 amide bonds. The van der Waals surface area contributed by atoms with E-state index in [2.05, 4.69) is 111 Å². The van der Waals surface area contributed by atoms with Crippen molar-refractivity contribution in [2.24, 2.45) is 0 Å². The quantitative estimate of drug-likeness (QED) is 0.235. The molecule has 34 heavy (non-hydrogen) atoms. The molecule has 0 atom stereocenters. The van der Waals surface area contributed by atoms with Crippen molar-refractivity contribution >= 4 is 21.5 Å². The van der Waals surface area contributed by atoms with E-state index >= 15 is 0 Å². The fraction of sp³-hybridized carbons (Fsp3) is 0.235. The topological polar surface area (TPSA) is 0 Å². The molecule has 0 saturated heterocycles. The summed E-state index contributed by atoms with van der Waals surface area (Å²) in [4.78, 5) is 0. The van der Waals surface area contributed by atoms with E-state index < -0.39 is 0 Å². The Morgan fingerprint density at radius 2 is 0.559 bits per heavy atom. The van der Waals surface area contributed by atoms with Crippen molar-refractivity contribution in [2.45, 2.75) is 55.4 Å². The number of fused-ring (bicyclic) bond motifs is 2. The first-order chi connectivity index (χ1) is 16.7. The summed E-state index contributed by atoms with van der Waals surface area (Å²) in [6.45, 7) is 16.3. The zero-order valence-electron chi connectivity index (χ0n) is 22.2. The largest absolute Gasteiger partial charge is 0.0683 e. The number of hydrogen-bond acceptors (Lipinski definition) is 0. The SMILES string of the molecule is CC.CC.CC.Cc1ccc(-c2c3ccccc3c(-c3ccc(C)cc3)c3ccccc23)cc1. The van der Waals surface area contributed by atoms with Crippen LogP contribution in [0.1, 0.15) is 52.7 Å². The normalized spacial score (nSPS) is 9.76. The lowest BCUT2D eigenvalue weighted by Gasteiger charge is -2.17. The lowest BCUT2D eigenvalue weighted by Crippen LogP contribution is -1.90. The van der Waals surface area contributed by atoms with Gasteiger partial charge in [-0.1, -0.05) is 150 Å². The van der Waals surface area contributed by atoms with E-state index in [-0.39, 0.29) is 0 Å². The summed E-state index contributed by atoms with van der Waals surface area (Å²) >= 11 is 0. The smallest absolute Gasteiger partial charge is 0.00264 e. The van der Waals surface area contributed by atoms with Gasteiger partial charge < -0.3 is 0 Å².